The second-order valence-electron chi connectivity index (χ2n) is 5.91. The van der Waals surface area contributed by atoms with Crippen LogP contribution in [0.15, 0.2) is 38.3 Å². The molecule has 138 valence electrons. The van der Waals surface area contributed by atoms with Crippen LogP contribution in [0.2, 0.25) is 5.02 Å². The number of nitrogens with zero attached hydrogens (tertiary/aromatic N) is 3. The van der Waals surface area contributed by atoms with Gasteiger partial charge in [-0.2, -0.15) is 4.31 Å². The van der Waals surface area contributed by atoms with Gasteiger partial charge in [0, 0.05) is 31.2 Å². The SMILES string of the molecule is O=S(=O)(c1ccc(Br)s1)N1CCCN(c2nc3ccc(Cl)cc3s2)CC1. The van der Waals surface area contributed by atoms with Crippen molar-refractivity contribution in [2.24, 2.45) is 0 Å². The summed E-state index contributed by atoms with van der Waals surface area (Å²) in [6.45, 7) is 2.38. The molecular weight excluding hydrogens is 478 g/mol. The van der Waals surface area contributed by atoms with Crippen molar-refractivity contribution in [1.29, 1.82) is 0 Å². The summed E-state index contributed by atoms with van der Waals surface area (Å²) >= 11 is 12.2. The van der Waals surface area contributed by atoms with E-state index in [1.165, 1.54) is 11.3 Å². The van der Waals surface area contributed by atoms with Crippen molar-refractivity contribution in [3.63, 3.8) is 0 Å². The van der Waals surface area contributed by atoms with Gasteiger partial charge in [0.1, 0.15) is 4.21 Å². The molecule has 0 spiro atoms. The molecule has 0 aliphatic carbocycles. The predicted octanol–water partition coefficient (Wildman–Crippen LogP) is 4.67. The molecule has 3 heterocycles. The van der Waals surface area contributed by atoms with Crippen molar-refractivity contribution in [1.82, 2.24) is 9.29 Å². The molecule has 0 amide bonds. The molecule has 3 aromatic rings. The van der Waals surface area contributed by atoms with Crippen molar-refractivity contribution in [2.45, 2.75) is 10.6 Å². The summed E-state index contributed by atoms with van der Waals surface area (Å²) < 4.78 is 29.5. The largest absolute Gasteiger partial charge is 0.347 e. The molecule has 0 N–H and O–H groups in total. The molecule has 1 aliphatic heterocycles. The Morgan fingerprint density at radius 2 is 1.92 bits per heavy atom. The lowest BCUT2D eigenvalue weighted by Crippen LogP contribution is -2.34. The maximum atomic E-state index is 12.8. The summed E-state index contributed by atoms with van der Waals surface area (Å²) in [5, 5.41) is 1.61. The number of hydrogen-bond acceptors (Lipinski definition) is 6. The molecule has 1 aliphatic rings. The molecule has 2 aromatic heterocycles. The topological polar surface area (TPSA) is 53.5 Å². The monoisotopic (exact) mass is 491 g/mol. The first-order valence-corrected chi connectivity index (χ1v) is 12.2. The summed E-state index contributed by atoms with van der Waals surface area (Å²) in [7, 11) is -3.44. The van der Waals surface area contributed by atoms with E-state index in [-0.39, 0.29) is 0 Å². The number of aromatic nitrogens is 1. The van der Waals surface area contributed by atoms with Gasteiger partial charge in [0.25, 0.3) is 10.0 Å². The first-order chi connectivity index (χ1) is 12.4. The van der Waals surface area contributed by atoms with Crippen molar-refractivity contribution in [2.75, 3.05) is 31.1 Å². The van der Waals surface area contributed by atoms with Gasteiger partial charge in [-0.1, -0.05) is 22.9 Å². The first kappa shape index (κ1) is 18.6. The number of thiophene rings is 1. The van der Waals surface area contributed by atoms with Crippen LogP contribution in [-0.4, -0.2) is 43.9 Å². The van der Waals surface area contributed by atoms with E-state index in [9.17, 15) is 8.42 Å². The summed E-state index contributed by atoms with van der Waals surface area (Å²) in [4.78, 5) is 6.85. The van der Waals surface area contributed by atoms with Gasteiger partial charge in [-0.05, 0) is 52.7 Å². The molecule has 1 fully saturated rings. The van der Waals surface area contributed by atoms with E-state index in [0.29, 0.717) is 28.9 Å². The number of thiazole rings is 1. The number of hydrogen-bond donors (Lipinski definition) is 0. The fraction of sp³-hybridized carbons (Fsp3) is 0.312. The molecule has 4 rings (SSSR count). The smallest absolute Gasteiger partial charge is 0.252 e. The minimum atomic E-state index is -3.44. The number of anilines is 1. The first-order valence-electron chi connectivity index (χ1n) is 8.00. The van der Waals surface area contributed by atoms with Crippen LogP contribution in [0.5, 0.6) is 0 Å². The quantitative estimate of drug-likeness (QED) is 0.533. The minimum absolute atomic E-state index is 0.382. The molecule has 0 atom stereocenters. The Morgan fingerprint density at radius 3 is 2.69 bits per heavy atom. The molecule has 1 aromatic carbocycles. The van der Waals surface area contributed by atoms with Crippen molar-refractivity contribution < 1.29 is 8.42 Å². The molecule has 0 bridgehead atoms. The third-order valence-electron chi connectivity index (χ3n) is 4.21. The molecule has 0 unspecified atom stereocenters. The zero-order valence-electron chi connectivity index (χ0n) is 13.6. The van der Waals surface area contributed by atoms with Crippen LogP contribution in [0.25, 0.3) is 10.2 Å². The lowest BCUT2D eigenvalue weighted by Gasteiger charge is -2.20. The second-order valence-corrected chi connectivity index (χ2v) is 12.0. The molecule has 26 heavy (non-hydrogen) atoms. The fourth-order valence-electron chi connectivity index (χ4n) is 2.91. The van der Waals surface area contributed by atoms with E-state index in [0.717, 1.165) is 32.1 Å². The lowest BCUT2D eigenvalue weighted by molar-refractivity contribution is 0.434. The van der Waals surface area contributed by atoms with Gasteiger partial charge in [-0.25, -0.2) is 13.4 Å². The van der Waals surface area contributed by atoms with Crippen LogP contribution >= 0.6 is 50.2 Å². The lowest BCUT2D eigenvalue weighted by atomic mass is 10.3. The molecule has 0 radical (unpaired) electrons. The fourth-order valence-corrected chi connectivity index (χ4v) is 7.84. The van der Waals surface area contributed by atoms with Gasteiger partial charge in [0.05, 0.1) is 14.0 Å². The van der Waals surface area contributed by atoms with Crippen molar-refractivity contribution in [3.05, 3.63) is 39.1 Å². The van der Waals surface area contributed by atoms with Gasteiger partial charge < -0.3 is 4.90 Å². The van der Waals surface area contributed by atoms with Gasteiger partial charge in [0.15, 0.2) is 5.13 Å². The molecular formula is C16H15BrClN3O2S3. The van der Waals surface area contributed by atoms with E-state index >= 15 is 0 Å². The highest BCUT2D eigenvalue weighted by atomic mass is 79.9. The molecule has 10 heteroatoms. The van der Waals surface area contributed by atoms with E-state index in [1.54, 1.807) is 27.8 Å². The minimum Gasteiger partial charge on any atom is -0.347 e. The summed E-state index contributed by atoms with van der Waals surface area (Å²) in [5.41, 5.74) is 0.923. The summed E-state index contributed by atoms with van der Waals surface area (Å²) in [5.74, 6) is 0. The van der Waals surface area contributed by atoms with Gasteiger partial charge in [-0.15, -0.1) is 11.3 Å². The summed E-state index contributed by atoms with van der Waals surface area (Å²) in [6.07, 6.45) is 0.766. The standard InChI is InChI=1S/C16H15BrClN3O2S3/c17-14-4-5-15(25-14)26(22,23)21-7-1-6-20(8-9-21)16-19-12-3-2-11(18)10-13(12)24-16/h2-5,10H,1,6-9H2. The Bertz CT molecular complexity index is 1050. The van der Waals surface area contributed by atoms with Crippen molar-refractivity contribution in [3.8, 4) is 0 Å². The van der Waals surface area contributed by atoms with E-state index in [1.807, 2.05) is 18.2 Å². The summed E-state index contributed by atoms with van der Waals surface area (Å²) in [6, 6.07) is 9.10. The average molecular weight is 493 g/mol. The van der Waals surface area contributed by atoms with E-state index < -0.39 is 10.0 Å². The number of sulfonamides is 1. The zero-order valence-corrected chi connectivity index (χ0v) is 18.4. The normalized spacial score (nSPS) is 16.9. The van der Waals surface area contributed by atoms with Crippen LogP contribution in [0.1, 0.15) is 6.42 Å². The van der Waals surface area contributed by atoms with Gasteiger partial charge >= 0.3 is 0 Å². The maximum absolute atomic E-state index is 12.8. The highest BCUT2D eigenvalue weighted by molar-refractivity contribution is 9.11. The maximum Gasteiger partial charge on any atom is 0.252 e. The number of halogens is 2. The highest BCUT2D eigenvalue weighted by Crippen LogP contribution is 2.32. The van der Waals surface area contributed by atoms with Crippen LogP contribution in [0, 0.1) is 0 Å². The number of fused-ring (bicyclic) bond motifs is 1. The number of rotatable bonds is 3. The Hall–Kier alpha value is -0.710. The molecule has 5 nitrogen and oxygen atoms in total. The Labute approximate surface area is 173 Å². The Morgan fingerprint density at radius 1 is 1.08 bits per heavy atom. The molecule has 1 saturated heterocycles. The Kier molecular flexibility index (Phi) is 5.28. The zero-order chi connectivity index (χ0) is 18.3. The van der Waals surface area contributed by atoms with Crippen LogP contribution < -0.4 is 4.90 Å². The molecule has 0 saturated carbocycles. The van der Waals surface area contributed by atoms with Crippen LogP contribution in [-0.2, 0) is 10.0 Å². The second kappa shape index (κ2) is 7.37. The predicted molar refractivity (Wildman–Crippen MR) is 112 cm³/mol. The number of benzene rings is 1. The average Bonchev–Trinajstić information content (AvgIpc) is 3.13. The Balaban J connectivity index is 1.54. The van der Waals surface area contributed by atoms with Crippen molar-refractivity contribution >= 4 is 75.6 Å². The highest BCUT2D eigenvalue weighted by Gasteiger charge is 2.28. The van der Waals surface area contributed by atoms with E-state index in [2.05, 4.69) is 25.8 Å². The van der Waals surface area contributed by atoms with Crippen LogP contribution in [0.4, 0.5) is 5.13 Å². The third kappa shape index (κ3) is 3.65. The van der Waals surface area contributed by atoms with E-state index in [4.69, 9.17) is 11.6 Å². The van der Waals surface area contributed by atoms with Crippen LogP contribution in [0.3, 0.4) is 0 Å². The van der Waals surface area contributed by atoms with Gasteiger partial charge in [0.2, 0.25) is 0 Å². The third-order valence-corrected chi connectivity index (χ3v) is 9.51. The van der Waals surface area contributed by atoms with Gasteiger partial charge in [-0.3, -0.25) is 0 Å².